The summed E-state index contributed by atoms with van der Waals surface area (Å²) < 4.78 is 19.0. The van der Waals surface area contributed by atoms with E-state index in [4.69, 9.17) is 14.2 Å². The topological polar surface area (TPSA) is 60.0 Å². The van der Waals surface area contributed by atoms with Crippen LogP contribution in [0.15, 0.2) is 127 Å². The first-order chi connectivity index (χ1) is 24.0. The summed E-state index contributed by atoms with van der Waals surface area (Å²) in [5.41, 5.74) is 8.39. The average molecular weight is 645 g/mol. The van der Waals surface area contributed by atoms with Gasteiger partial charge in [0.1, 0.15) is 5.75 Å². The lowest BCUT2D eigenvalue weighted by atomic mass is 9.78. The van der Waals surface area contributed by atoms with E-state index in [0.29, 0.717) is 17.2 Å². The van der Waals surface area contributed by atoms with Crippen LogP contribution < -0.4 is 24.4 Å². The highest BCUT2D eigenvalue weighted by molar-refractivity contribution is 6.05. The van der Waals surface area contributed by atoms with Crippen molar-refractivity contribution in [2.75, 3.05) is 31.5 Å². The second-order valence-corrected chi connectivity index (χ2v) is 12.4. The Morgan fingerprint density at radius 2 is 1.39 bits per heavy atom. The summed E-state index contributed by atoms with van der Waals surface area (Å²) in [6.07, 6.45) is 6.17. The zero-order valence-corrected chi connectivity index (χ0v) is 27.7. The first kappa shape index (κ1) is 30.3. The molecular formula is C43H36N2O4. The number of rotatable bonds is 6. The second kappa shape index (κ2) is 12.2. The molecule has 0 radical (unpaired) electrons. The van der Waals surface area contributed by atoms with E-state index in [1.807, 2.05) is 72.8 Å². The predicted molar refractivity (Wildman–Crippen MR) is 197 cm³/mol. The lowest BCUT2D eigenvalue weighted by Crippen LogP contribution is -2.35. The average Bonchev–Trinajstić information content (AvgIpc) is 3.17. The van der Waals surface area contributed by atoms with Crippen LogP contribution in [-0.2, 0) is 18.4 Å². The molecular weight excluding hydrogens is 608 g/mol. The quantitative estimate of drug-likeness (QED) is 0.196. The Bertz CT molecular complexity index is 2230. The number of hydrogen-bond donors (Lipinski definition) is 1. The summed E-state index contributed by atoms with van der Waals surface area (Å²) in [5.74, 6) is 2.23. The Hall–Kier alpha value is -6.01. The molecule has 0 fully saturated rings. The third kappa shape index (κ3) is 5.08. The molecule has 1 atom stereocenters. The molecule has 8 rings (SSSR count). The number of carbonyl (C=O) groups is 1. The lowest BCUT2D eigenvalue weighted by molar-refractivity contribution is 0.162. The van der Waals surface area contributed by atoms with Crippen LogP contribution in [0.1, 0.15) is 27.8 Å². The number of benzene rings is 6. The molecule has 0 aromatic heterocycles. The number of aryl methyl sites for hydroxylation is 2. The van der Waals surface area contributed by atoms with E-state index < -0.39 is 5.60 Å². The van der Waals surface area contributed by atoms with E-state index in [1.165, 1.54) is 16.7 Å². The highest BCUT2D eigenvalue weighted by Crippen LogP contribution is 2.53. The van der Waals surface area contributed by atoms with Crippen LogP contribution in [0.25, 0.3) is 28.0 Å². The van der Waals surface area contributed by atoms with E-state index in [-0.39, 0.29) is 6.03 Å². The molecule has 49 heavy (non-hydrogen) atoms. The van der Waals surface area contributed by atoms with Crippen molar-refractivity contribution in [3.8, 4) is 28.4 Å². The van der Waals surface area contributed by atoms with E-state index in [9.17, 15) is 4.79 Å². The largest absolute Gasteiger partial charge is 0.493 e. The summed E-state index contributed by atoms with van der Waals surface area (Å²) in [7, 11) is 5.11. The minimum Gasteiger partial charge on any atom is -0.493 e. The Labute approximate surface area is 286 Å². The fourth-order valence-corrected chi connectivity index (χ4v) is 7.27. The molecule has 2 amide bonds. The van der Waals surface area contributed by atoms with Gasteiger partial charge < -0.3 is 19.5 Å². The van der Waals surface area contributed by atoms with Crippen molar-refractivity contribution in [2.45, 2.75) is 18.4 Å². The smallest absolute Gasteiger partial charge is 0.326 e. The Kier molecular flexibility index (Phi) is 7.56. The fraction of sp³-hybridized carbons (Fsp3) is 0.140. The zero-order chi connectivity index (χ0) is 33.5. The van der Waals surface area contributed by atoms with E-state index >= 15 is 0 Å². The zero-order valence-electron chi connectivity index (χ0n) is 27.7. The van der Waals surface area contributed by atoms with Gasteiger partial charge in [-0.2, -0.15) is 0 Å². The minimum atomic E-state index is -0.929. The number of ether oxygens (including phenoxy) is 3. The number of amides is 2. The highest BCUT2D eigenvalue weighted by atomic mass is 16.5. The molecule has 6 aromatic carbocycles. The number of anilines is 2. The minimum absolute atomic E-state index is 0.219. The molecule has 1 N–H and O–H groups in total. The van der Waals surface area contributed by atoms with Gasteiger partial charge in [-0.25, -0.2) is 4.79 Å². The molecule has 0 saturated heterocycles. The lowest BCUT2D eigenvalue weighted by Gasteiger charge is -2.39. The Morgan fingerprint density at radius 1 is 0.755 bits per heavy atom. The molecule has 0 bridgehead atoms. The molecule has 1 heterocycles. The number of nitrogens with zero attached hydrogens (tertiary/aromatic N) is 1. The number of methoxy groups -OCH3 is 2. The first-order valence-electron chi connectivity index (χ1n) is 16.5. The van der Waals surface area contributed by atoms with Gasteiger partial charge in [-0.15, -0.1) is 0 Å². The van der Waals surface area contributed by atoms with Crippen LogP contribution in [0.2, 0.25) is 0 Å². The molecule has 0 saturated carbocycles. The normalized spacial score (nSPS) is 15.7. The van der Waals surface area contributed by atoms with Gasteiger partial charge in [-0.1, -0.05) is 84.9 Å². The first-order valence-corrected chi connectivity index (χ1v) is 16.5. The van der Waals surface area contributed by atoms with Crippen molar-refractivity contribution >= 4 is 34.3 Å². The molecule has 6 nitrogen and oxygen atoms in total. The van der Waals surface area contributed by atoms with E-state index in [0.717, 1.165) is 57.3 Å². The number of urea groups is 1. The van der Waals surface area contributed by atoms with Gasteiger partial charge in [-0.3, -0.25) is 4.90 Å². The summed E-state index contributed by atoms with van der Waals surface area (Å²) in [6.45, 7) is 0. The van der Waals surface area contributed by atoms with Gasteiger partial charge in [-0.05, 0) is 88.9 Å². The van der Waals surface area contributed by atoms with Crippen LogP contribution in [0.4, 0.5) is 16.2 Å². The van der Waals surface area contributed by atoms with Crippen LogP contribution in [0.3, 0.4) is 0 Å². The van der Waals surface area contributed by atoms with E-state index in [1.54, 1.807) is 26.2 Å². The maximum atomic E-state index is 13.1. The standard InChI is InChI=1S/C43H36N2O4/c1-45(32-15-8-5-9-16-32)42(46)44-31-21-19-30(20-22-31)43(29-13-6-4-7-14-29)25-24-35-37-27-39(48-3)38(47-2)26-36(37)34-23-18-28-12-10-11-17-33(28)40(34)41(35)49-43/h4-17,19-22,24-27H,18,23H2,1-3H3,(H,44,46). The van der Waals surface area contributed by atoms with Crippen LogP contribution in [0, 0.1) is 0 Å². The predicted octanol–water partition coefficient (Wildman–Crippen LogP) is 9.64. The highest BCUT2D eigenvalue weighted by Gasteiger charge is 2.40. The maximum absolute atomic E-state index is 13.1. The van der Waals surface area contributed by atoms with Crippen molar-refractivity contribution in [2.24, 2.45) is 0 Å². The summed E-state index contributed by atoms with van der Waals surface area (Å²) in [4.78, 5) is 14.7. The van der Waals surface area contributed by atoms with E-state index in [2.05, 4.69) is 66.0 Å². The fourth-order valence-electron chi connectivity index (χ4n) is 7.27. The molecule has 1 unspecified atom stereocenters. The molecule has 2 aliphatic rings. The van der Waals surface area contributed by atoms with Gasteiger partial charge in [0, 0.05) is 40.7 Å². The van der Waals surface area contributed by atoms with Crippen LogP contribution >= 0.6 is 0 Å². The van der Waals surface area contributed by atoms with Gasteiger partial charge >= 0.3 is 6.03 Å². The summed E-state index contributed by atoms with van der Waals surface area (Å²) >= 11 is 0. The van der Waals surface area contributed by atoms with Crippen molar-refractivity contribution < 1.29 is 19.0 Å². The number of carbonyl (C=O) groups excluding carboxylic acids is 1. The van der Waals surface area contributed by atoms with Crippen molar-refractivity contribution in [3.05, 3.63) is 155 Å². The molecule has 6 heteroatoms. The molecule has 0 spiro atoms. The van der Waals surface area contributed by atoms with Gasteiger partial charge in [0.25, 0.3) is 0 Å². The summed E-state index contributed by atoms with van der Waals surface area (Å²) in [5, 5.41) is 5.24. The molecule has 1 aliphatic heterocycles. The van der Waals surface area contributed by atoms with Crippen molar-refractivity contribution in [1.29, 1.82) is 0 Å². The Morgan fingerprint density at radius 3 is 2.10 bits per heavy atom. The van der Waals surface area contributed by atoms with Gasteiger partial charge in [0.05, 0.1) is 14.2 Å². The maximum Gasteiger partial charge on any atom is 0.326 e. The molecule has 6 aromatic rings. The van der Waals surface area contributed by atoms with Gasteiger partial charge in [0.15, 0.2) is 17.1 Å². The second-order valence-electron chi connectivity index (χ2n) is 12.4. The molecule has 1 aliphatic carbocycles. The SMILES string of the molecule is COc1cc2c3c(c4c(c2cc1OC)CCc1ccccc1-4)OC(c1ccccc1)(c1ccc(NC(=O)N(C)c2ccccc2)cc1)C=C3. The third-order valence-electron chi connectivity index (χ3n) is 9.81. The number of nitrogens with one attached hydrogen (secondary N) is 1. The monoisotopic (exact) mass is 644 g/mol. The number of para-hydroxylation sites is 1. The summed E-state index contributed by atoms with van der Waals surface area (Å²) in [6, 6.07) is 40.4. The number of hydrogen-bond acceptors (Lipinski definition) is 4. The van der Waals surface area contributed by atoms with Gasteiger partial charge in [0.2, 0.25) is 0 Å². The van der Waals surface area contributed by atoms with Crippen LogP contribution in [0.5, 0.6) is 17.2 Å². The van der Waals surface area contributed by atoms with Crippen LogP contribution in [-0.4, -0.2) is 27.3 Å². The molecule has 242 valence electrons. The van der Waals surface area contributed by atoms with Crippen molar-refractivity contribution in [1.82, 2.24) is 0 Å². The third-order valence-corrected chi connectivity index (χ3v) is 9.81. The number of fused-ring (bicyclic) bond motifs is 8. The Balaban J connectivity index is 1.27. The van der Waals surface area contributed by atoms with Crippen molar-refractivity contribution in [3.63, 3.8) is 0 Å².